The summed E-state index contributed by atoms with van der Waals surface area (Å²) in [6.45, 7) is 1.76. The summed E-state index contributed by atoms with van der Waals surface area (Å²) in [6, 6.07) is 10.3. The molecule has 1 heterocycles. The van der Waals surface area contributed by atoms with Crippen LogP contribution in [0.25, 0.3) is 0 Å². The number of hydrogen-bond donors (Lipinski definition) is 2. The van der Waals surface area contributed by atoms with Crippen LogP contribution in [-0.4, -0.2) is 27.6 Å². The number of aliphatic hydroxyl groups excluding tert-OH is 1. The van der Waals surface area contributed by atoms with Gasteiger partial charge in [-0.2, -0.15) is 0 Å². The lowest BCUT2D eigenvalue weighted by atomic mass is 9.97. The molecule has 0 amide bonds. The number of carbonyl (C=O) groups is 1. The van der Waals surface area contributed by atoms with Crippen LogP contribution in [-0.2, 0) is 19.9 Å². The summed E-state index contributed by atoms with van der Waals surface area (Å²) in [7, 11) is 1.90. The van der Waals surface area contributed by atoms with E-state index in [-0.39, 0.29) is 30.6 Å². The SMILES string of the molecule is Cl.Cn1c(CC[C@@](C)(N)CO)ccc1C(=O)CCCCc1ccc(F)cc1. The van der Waals surface area contributed by atoms with Crippen molar-refractivity contribution >= 4 is 18.2 Å². The van der Waals surface area contributed by atoms with Gasteiger partial charge in [-0.15, -0.1) is 12.4 Å². The number of rotatable bonds is 10. The van der Waals surface area contributed by atoms with E-state index in [1.807, 2.05) is 30.7 Å². The molecule has 2 rings (SSSR count). The summed E-state index contributed by atoms with van der Waals surface area (Å²) < 4.78 is 14.8. The van der Waals surface area contributed by atoms with Gasteiger partial charge in [0.15, 0.2) is 5.78 Å². The summed E-state index contributed by atoms with van der Waals surface area (Å²) >= 11 is 0. The summed E-state index contributed by atoms with van der Waals surface area (Å²) in [6.07, 6.45) is 4.44. The molecule has 0 radical (unpaired) electrons. The van der Waals surface area contributed by atoms with E-state index < -0.39 is 5.54 Å². The fraction of sp³-hybridized carbons (Fsp3) is 0.476. The molecule has 27 heavy (non-hydrogen) atoms. The van der Waals surface area contributed by atoms with Gasteiger partial charge in [-0.3, -0.25) is 4.79 Å². The molecular weight excluding hydrogens is 367 g/mol. The molecule has 2 aromatic rings. The quantitative estimate of drug-likeness (QED) is 0.473. The number of carbonyl (C=O) groups excluding carboxylic acids is 1. The second-order valence-electron chi connectivity index (χ2n) is 7.34. The number of Topliss-reactive ketones (excluding diaryl/α,β-unsaturated/α-hetero) is 1. The van der Waals surface area contributed by atoms with Gasteiger partial charge >= 0.3 is 0 Å². The maximum Gasteiger partial charge on any atom is 0.179 e. The third-order valence-electron chi connectivity index (χ3n) is 4.86. The monoisotopic (exact) mass is 396 g/mol. The van der Waals surface area contributed by atoms with Crippen LogP contribution in [0.4, 0.5) is 4.39 Å². The molecule has 0 bridgehead atoms. The summed E-state index contributed by atoms with van der Waals surface area (Å²) in [5, 5.41) is 9.25. The second-order valence-corrected chi connectivity index (χ2v) is 7.34. The Labute approximate surface area is 167 Å². The van der Waals surface area contributed by atoms with Crippen LogP contribution in [0.2, 0.25) is 0 Å². The number of halogens is 2. The Bertz CT molecular complexity index is 726. The molecule has 0 aliphatic heterocycles. The summed E-state index contributed by atoms with van der Waals surface area (Å²) in [5.74, 6) is -0.0899. The predicted molar refractivity (Wildman–Crippen MR) is 109 cm³/mol. The number of aromatic nitrogens is 1. The first-order valence-electron chi connectivity index (χ1n) is 9.14. The number of hydrogen-bond acceptors (Lipinski definition) is 3. The Morgan fingerprint density at radius 3 is 2.44 bits per heavy atom. The summed E-state index contributed by atoms with van der Waals surface area (Å²) in [4.78, 5) is 12.5. The number of ketones is 1. The van der Waals surface area contributed by atoms with Gasteiger partial charge in [-0.1, -0.05) is 12.1 Å². The topological polar surface area (TPSA) is 68.2 Å². The van der Waals surface area contributed by atoms with Crippen LogP contribution >= 0.6 is 12.4 Å². The first-order valence-corrected chi connectivity index (χ1v) is 9.14. The van der Waals surface area contributed by atoms with Crippen molar-refractivity contribution in [2.75, 3.05) is 6.61 Å². The van der Waals surface area contributed by atoms with Gasteiger partial charge in [-0.25, -0.2) is 4.39 Å². The molecule has 0 aliphatic carbocycles. The van der Waals surface area contributed by atoms with Gasteiger partial charge in [0, 0.05) is 24.7 Å². The molecule has 0 aliphatic rings. The molecule has 3 N–H and O–H groups in total. The van der Waals surface area contributed by atoms with Crippen molar-refractivity contribution in [3.63, 3.8) is 0 Å². The van der Waals surface area contributed by atoms with Gasteiger partial charge in [0.25, 0.3) is 0 Å². The van der Waals surface area contributed by atoms with Gasteiger partial charge < -0.3 is 15.4 Å². The molecular formula is C21H30ClFN2O2. The van der Waals surface area contributed by atoms with Crippen molar-refractivity contribution < 1.29 is 14.3 Å². The van der Waals surface area contributed by atoms with Gasteiger partial charge in [0.1, 0.15) is 5.82 Å². The molecule has 0 spiro atoms. The molecule has 0 saturated carbocycles. The highest BCUT2D eigenvalue weighted by atomic mass is 35.5. The summed E-state index contributed by atoms with van der Waals surface area (Å²) in [5.41, 5.74) is 8.22. The zero-order valence-corrected chi connectivity index (χ0v) is 16.9. The van der Waals surface area contributed by atoms with Crippen molar-refractivity contribution in [1.82, 2.24) is 4.57 Å². The van der Waals surface area contributed by atoms with Crippen LogP contribution in [0.3, 0.4) is 0 Å². The first-order chi connectivity index (χ1) is 12.3. The van der Waals surface area contributed by atoms with Crippen LogP contribution in [0.1, 0.15) is 54.4 Å². The van der Waals surface area contributed by atoms with E-state index in [0.717, 1.165) is 36.9 Å². The van der Waals surface area contributed by atoms with E-state index in [1.54, 1.807) is 12.1 Å². The zero-order chi connectivity index (χ0) is 19.2. The van der Waals surface area contributed by atoms with Gasteiger partial charge in [-0.05, 0) is 68.9 Å². The van der Waals surface area contributed by atoms with Crippen LogP contribution < -0.4 is 5.73 Å². The molecule has 4 nitrogen and oxygen atoms in total. The molecule has 0 saturated heterocycles. The molecule has 0 unspecified atom stereocenters. The number of nitrogens with zero attached hydrogens (tertiary/aromatic N) is 1. The van der Waals surface area contributed by atoms with Gasteiger partial charge in [0.05, 0.1) is 12.3 Å². The molecule has 6 heteroatoms. The Balaban J connectivity index is 0.00000364. The van der Waals surface area contributed by atoms with E-state index in [2.05, 4.69) is 0 Å². The van der Waals surface area contributed by atoms with E-state index in [0.29, 0.717) is 18.5 Å². The number of aliphatic hydroxyl groups is 1. The maximum absolute atomic E-state index is 12.9. The van der Waals surface area contributed by atoms with Gasteiger partial charge in [0.2, 0.25) is 0 Å². The minimum absolute atomic E-state index is 0. The van der Waals surface area contributed by atoms with E-state index in [1.165, 1.54) is 12.1 Å². The molecule has 1 aromatic carbocycles. The van der Waals surface area contributed by atoms with Crippen molar-refractivity contribution in [3.05, 3.63) is 59.2 Å². The molecule has 150 valence electrons. The van der Waals surface area contributed by atoms with Crippen LogP contribution in [0.5, 0.6) is 0 Å². The predicted octanol–water partition coefficient (Wildman–Crippen LogP) is 3.82. The third kappa shape index (κ3) is 7.09. The third-order valence-corrected chi connectivity index (χ3v) is 4.86. The van der Waals surface area contributed by atoms with Crippen molar-refractivity contribution in [3.8, 4) is 0 Å². The maximum atomic E-state index is 12.9. The number of benzene rings is 1. The molecule has 0 fully saturated rings. The Kier molecular flexibility index (Phi) is 9.16. The highest BCUT2D eigenvalue weighted by Crippen LogP contribution is 2.16. The Morgan fingerprint density at radius 2 is 1.81 bits per heavy atom. The first kappa shape index (κ1) is 23.3. The lowest BCUT2D eigenvalue weighted by molar-refractivity contribution is 0.0971. The second kappa shape index (κ2) is 10.6. The fourth-order valence-corrected chi connectivity index (χ4v) is 2.97. The van der Waals surface area contributed by atoms with E-state index >= 15 is 0 Å². The minimum atomic E-state index is -0.602. The van der Waals surface area contributed by atoms with Crippen LogP contribution in [0.15, 0.2) is 36.4 Å². The van der Waals surface area contributed by atoms with E-state index in [4.69, 9.17) is 5.73 Å². The van der Waals surface area contributed by atoms with Crippen molar-refractivity contribution in [1.29, 1.82) is 0 Å². The average molecular weight is 397 g/mol. The van der Waals surface area contributed by atoms with Crippen molar-refractivity contribution in [2.45, 2.75) is 51.0 Å². The fourth-order valence-electron chi connectivity index (χ4n) is 2.97. The van der Waals surface area contributed by atoms with E-state index in [9.17, 15) is 14.3 Å². The Morgan fingerprint density at radius 1 is 1.15 bits per heavy atom. The molecule has 1 aromatic heterocycles. The number of aryl methyl sites for hydroxylation is 2. The minimum Gasteiger partial charge on any atom is -0.394 e. The molecule has 1 atom stereocenters. The number of unbranched alkanes of at least 4 members (excludes halogenated alkanes) is 1. The number of nitrogens with two attached hydrogens (primary N) is 1. The normalized spacial score (nSPS) is 13.1. The average Bonchev–Trinajstić information content (AvgIpc) is 2.99. The standard InChI is InChI=1S/C21H29FN2O2.ClH/c1-21(23,15-25)14-13-18-11-12-19(24(18)2)20(26)6-4-3-5-16-7-9-17(22)10-8-16;/h7-12,25H,3-6,13-15,23H2,1-2H3;1H/t21-;/m1./s1. The smallest absolute Gasteiger partial charge is 0.179 e. The Hall–Kier alpha value is -1.69. The zero-order valence-electron chi connectivity index (χ0n) is 16.1. The largest absolute Gasteiger partial charge is 0.394 e. The highest BCUT2D eigenvalue weighted by molar-refractivity contribution is 5.94. The highest BCUT2D eigenvalue weighted by Gasteiger charge is 2.19. The van der Waals surface area contributed by atoms with Crippen molar-refractivity contribution in [2.24, 2.45) is 12.8 Å². The van der Waals surface area contributed by atoms with Crippen LogP contribution in [0, 0.1) is 5.82 Å². The lowest BCUT2D eigenvalue weighted by Gasteiger charge is -2.21. The lowest BCUT2D eigenvalue weighted by Crippen LogP contribution is -2.40.